The van der Waals surface area contributed by atoms with Gasteiger partial charge in [-0.2, -0.15) is 0 Å². The lowest BCUT2D eigenvalue weighted by atomic mass is 9.80. The smallest absolute Gasteiger partial charge is 0.469 e. The Morgan fingerprint density at radius 3 is 2.40 bits per heavy atom. The summed E-state index contributed by atoms with van der Waals surface area (Å²) in [6, 6.07) is 3.77. The van der Waals surface area contributed by atoms with Crippen LogP contribution in [0.3, 0.4) is 0 Å². The van der Waals surface area contributed by atoms with E-state index >= 15 is 0 Å². The second kappa shape index (κ2) is 4.72. The van der Waals surface area contributed by atoms with Crippen molar-refractivity contribution < 1.29 is 18.8 Å². The first-order valence-corrected chi connectivity index (χ1v) is 6.93. The molecular formula is C14H20BNO4. The van der Waals surface area contributed by atoms with E-state index < -0.39 is 0 Å². The average molecular weight is 277 g/mol. The van der Waals surface area contributed by atoms with Gasteiger partial charge in [-0.25, -0.2) is 4.98 Å². The lowest BCUT2D eigenvalue weighted by Gasteiger charge is -2.32. The van der Waals surface area contributed by atoms with Gasteiger partial charge >= 0.3 is 7.12 Å². The summed E-state index contributed by atoms with van der Waals surface area (Å²) in [5, 5.41) is 0. The van der Waals surface area contributed by atoms with Gasteiger partial charge in [0.05, 0.1) is 24.4 Å². The van der Waals surface area contributed by atoms with Crippen LogP contribution in [-0.2, 0) is 14.0 Å². The van der Waals surface area contributed by atoms with Gasteiger partial charge in [0.2, 0.25) is 5.88 Å². The molecule has 2 aliphatic rings. The molecule has 1 aromatic heterocycles. The largest absolute Gasteiger partial charge is 0.495 e. The molecule has 20 heavy (non-hydrogen) atoms. The first-order chi connectivity index (χ1) is 9.37. The van der Waals surface area contributed by atoms with E-state index in [9.17, 15) is 0 Å². The summed E-state index contributed by atoms with van der Waals surface area (Å²) >= 11 is 0. The van der Waals surface area contributed by atoms with Crippen LogP contribution in [0.4, 0.5) is 0 Å². The Bertz CT molecular complexity index is 486. The minimum Gasteiger partial charge on any atom is -0.469 e. The monoisotopic (exact) mass is 277 g/mol. The van der Waals surface area contributed by atoms with E-state index in [1.165, 1.54) is 0 Å². The van der Waals surface area contributed by atoms with Gasteiger partial charge in [0.15, 0.2) is 0 Å². The van der Waals surface area contributed by atoms with Crippen LogP contribution in [0, 0.1) is 0 Å². The van der Waals surface area contributed by atoms with Gasteiger partial charge in [-0.05, 0) is 39.2 Å². The molecule has 0 aliphatic carbocycles. The molecule has 3 rings (SSSR count). The third-order valence-electron chi connectivity index (χ3n) is 4.18. The van der Waals surface area contributed by atoms with E-state index in [0.717, 1.165) is 5.46 Å². The van der Waals surface area contributed by atoms with Gasteiger partial charge < -0.3 is 18.8 Å². The molecule has 108 valence electrons. The zero-order valence-electron chi connectivity index (χ0n) is 12.4. The summed E-state index contributed by atoms with van der Waals surface area (Å²) in [4.78, 5) is 4.22. The van der Waals surface area contributed by atoms with E-state index in [1.54, 1.807) is 6.20 Å². The number of ether oxygens (including phenoxy) is 2. The number of pyridine rings is 1. The van der Waals surface area contributed by atoms with Crippen LogP contribution in [0.15, 0.2) is 18.3 Å². The highest BCUT2D eigenvalue weighted by Crippen LogP contribution is 2.36. The fraction of sp³-hybridized carbons (Fsp3) is 0.643. The van der Waals surface area contributed by atoms with Crippen molar-refractivity contribution in [3.05, 3.63) is 18.3 Å². The Morgan fingerprint density at radius 1 is 1.20 bits per heavy atom. The van der Waals surface area contributed by atoms with Crippen molar-refractivity contribution in [3.63, 3.8) is 0 Å². The van der Waals surface area contributed by atoms with Crippen LogP contribution < -0.4 is 10.2 Å². The normalized spacial score (nSPS) is 24.5. The zero-order valence-corrected chi connectivity index (χ0v) is 12.4. The number of nitrogens with zero attached hydrogens (tertiary/aromatic N) is 1. The van der Waals surface area contributed by atoms with E-state index in [4.69, 9.17) is 18.8 Å². The highest BCUT2D eigenvalue weighted by atomic mass is 16.7. The van der Waals surface area contributed by atoms with Crippen LogP contribution in [-0.4, -0.2) is 42.6 Å². The van der Waals surface area contributed by atoms with E-state index in [1.807, 2.05) is 39.8 Å². The molecule has 0 unspecified atom stereocenters. The highest BCUT2D eigenvalue weighted by Gasteiger charge is 2.51. The zero-order chi connectivity index (χ0) is 14.4. The molecule has 5 nitrogen and oxygen atoms in total. The second-order valence-corrected chi connectivity index (χ2v) is 6.29. The standard InChI is InChI=1S/C14H20BNO4/c1-13(2)14(3,4)20-15(19-13)10-5-6-16-12(7-10)18-11-8-17-9-11/h5-7,11H,8-9H2,1-4H3. The molecule has 2 aliphatic heterocycles. The minimum atomic E-state index is -0.386. The summed E-state index contributed by atoms with van der Waals surface area (Å²) < 4.78 is 22.8. The lowest BCUT2D eigenvalue weighted by Crippen LogP contribution is -2.41. The van der Waals surface area contributed by atoms with Crippen LogP contribution in [0.5, 0.6) is 5.88 Å². The fourth-order valence-corrected chi connectivity index (χ4v) is 2.07. The topological polar surface area (TPSA) is 49.8 Å². The number of aromatic nitrogens is 1. The van der Waals surface area contributed by atoms with Crippen LogP contribution in [0.2, 0.25) is 0 Å². The summed E-state index contributed by atoms with van der Waals surface area (Å²) in [5.74, 6) is 0.588. The molecular weight excluding hydrogens is 257 g/mol. The maximum atomic E-state index is 6.02. The Kier molecular flexibility index (Phi) is 3.27. The third kappa shape index (κ3) is 2.43. The minimum absolute atomic E-state index is 0.107. The third-order valence-corrected chi connectivity index (χ3v) is 4.18. The molecule has 2 fully saturated rings. The predicted molar refractivity (Wildman–Crippen MR) is 75.2 cm³/mol. The molecule has 0 aromatic carbocycles. The van der Waals surface area contributed by atoms with Crippen LogP contribution >= 0.6 is 0 Å². The van der Waals surface area contributed by atoms with Crippen molar-refractivity contribution in [2.45, 2.75) is 45.0 Å². The molecule has 0 spiro atoms. The van der Waals surface area contributed by atoms with Crippen molar-refractivity contribution in [1.29, 1.82) is 0 Å². The molecule has 0 atom stereocenters. The van der Waals surface area contributed by atoms with Crippen molar-refractivity contribution in [2.75, 3.05) is 13.2 Å². The molecule has 1 aromatic rings. The van der Waals surface area contributed by atoms with Crippen molar-refractivity contribution in [1.82, 2.24) is 4.98 Å². The maximum absolute atomic E-state index is 6.02. The predicted octanol–water partition coefficient (Wildman–Crippen LogP) is 1.16. The Hall–Kier alpha value is -1.11. The second-order valence-electron chi connectivity index (χ2n) is 6.29. The van der Waals surface area contributed by atoms with E-state index in [2.05, 4.69) is 4.98 Å². The molecule has 0 amide bonds. The summed E-state index contributed by atoms with van der Waals surface area (Å²) in [7, 11) is -0.386. The first-order valence-electron chi connectivity index (χ1n) is 6.93. The van der Waals surface area contributed by atoms with Crippen molar-refractivity contribution in [2.24, 2.45) is 0 Å². The molecule has 0 N–H and O–H groups in total. The molecule has 0 bridgehead atoms. The van der Waals surface area contributed by atoms with Gasteiger partial charge in [0.25, 0.3) is 0 Å². The summed E-state index contributed by atoms with van der Waals surface area (Å²) in [6.07, 6.45) is 1.82. The first kappa shape index (κ1) is 13.9. The van der Waals surface area contributed by atoms with E-state index in [0.29, 0.717) is 19.1 Å². The number of hydrogen-bond acceptors (Lipinski definition) is 5. The molecule has 2 saturated heterocycles. The van der Waals surface area contributed by atoms with Crippen LogP contribution in [0.25, 0.3) is 0 Å². The molecule has 6 heteroatoms. The van der Waals surface area contributed by atoms with Gasteiger partial charge in [0.1, 0.15) is 6.10 Å². The summed E-state index contributed by atoms with van der Waals surface area (Å²) in [6.45, 7) is 9.41. The van der Waals surface area contributed by atoms with Gasteiger partial charge in [-0.3, -0.25) is 0 Å². The summed E-state index contributed by atoms with van der Waals surface area (Å²) in [5.41, 5.74) is 0.238. The maximum Gasteiger partial charge on any atom is 0.495 e. The fourth-order valence-electron chi connectivity index (χ4n) is 2.07. The highest BCUT2D eigenvalue weighted by molar-refractivity contribution is 6.62. The molecule has 0 saturated carbocycles. The van der Waals surface area contributed by atoms with E-state index in [-0.39, 0.29) is 24.4 Å². The average Bonchev–Trinajstić information content (AvgIpc) is 2.54. The molecule has 3 heterocycles. The quantitative estimate of drug-likeness (QED) is 0.776. The van der Waals surface area contributed by atoms with Crippen LogP contribution in [0.1, 0.15) is 27.7 Å². The van der Waals surface area contributed by atoms with Gasteiger partial charge in [-0.1, -0.05) is 0 Å². The van der Waals surface area contributed by atoms with Crippen molar-refractivity contribution in [3.8, 4) is 5.88 Å². The van der Waals surface area contributed by atoms with Crippen molar-refractivity contribution >= 4 is 12.6 Å². The SMILES string of the molecule is CC1(C)OB(c2ccnc(OC3COC3)c2)OC1(C)C. The Balaban J connectivity index is 1.76. The Morgan fingerprint density at radius 2 is 1.85 bits per heavy atom. The lowest BCUT2D eigenvalue weighted by molar-refractivity contribution is -0.0813. The Labute approximate surface area is 119 Å². The molecule has 0 radical (unpaired) electrons. The van der Waals surface area contributed by atoms with Gasteiger partial charge in [-0.15, -0.1) is 0 Å². The number of rotatable bonds is 3. The van der Waals surface area contributed by atoms with Gasteiger partial charge in [0, 0.05) is 12.3 Å². The number of hydrogen-bond donors (Lipinski definition) is 0.